The number of fused-ring (bicyclic) bond motifs is 1. The Morgan fingerprint density at radius 3 is 2.69 bits per heavy atom. The van der Waals surface area contributed by atoms with E-state index in [2.05, 4.69) is 0 Å². The Labute approximate surface area is 94.8 Å². The second-order valence-electron chi connectivity index (χ2n) is 3.51. The zero-order chi connectivity index (χ0) is 11.4. The predicted octanol–water partition coefficient (Wildman–Crippen LogP) is 3.50. The molecule has 1 N–H and O–H groups in total. The van der Waals surface area contributed by atoms with Crippen LogP contribution in [0.2, 0.25) is 0 Å². The molecule has 0 spiro atoms. The average Bonchev–Trinajstić information content (AvgIpc) is 2.31. The molecule has 0 saturated carbocycles. The van der Waals surface area contributed by atoms with Crippen LogP contribution in [0.5, 0.6) is 11.5 Å². The zero-order valence-electron chi connectivity index (χ0n) is 9.18. The number of phenolic OH excluding ortho intramolecular Hbond substituents is 1. The van der Waals surface area contributed by atoms with Crippen LogP contribution in [0.25, 0.3) is 10.8 Å². The van der Waals surface area contributed by atoms with Crippen molar-refractivity contribution in [3.8, 4) is 11.5 Å². The molecule has 0 unspecified atom stereocenters. The second kappa shape index (κ2) is 4.71. The van der Waals surface area contributed by atoms with Crippen LogP contribution >= 0.6 is 0 Å². The lowest BCUT2D eigenvalue weighted by Crippen LogP contribution is -1.93. The Morgan fingerprint density at radius 1 is 1.12 bits per heavy atom. The summed E-state index contributed by atoms with van der Waals surface area (Å²) in [5.74, 6) is 1.08. The van der Waals surface area contributed by atoms with Crippen LogP contribution in [0.1, 0.15) is 6.92 Å². The largest absolute Gasteiger partial charge is 0.507 e. The van der Waals surface area contributed by atoms with Gasteiger partial charge in [0.2, 0.25) is 0 Å². The lowest BCUT2D eigenvalue weighted by atomic mass is 10.1. The summed E-state index contributed by atoms with van der Waals surface area (Å²) in [5.41, 5.74) is 0. The fourth-order valence-electron chi connectivity index (χ4n) is 1.62. The van der Waals surface area contributed by atoms with Crippen LogP contribution < -0.4 is 4.74 Å². The molecule has 16 heavy (non-hydrogen) atoms. The molecule has 0 aliphatic heterocycles. The summed E-state index contributed by atoms with van der Waals surface area (Å²) in [6.45, 7) is 2.50. The van der Waals surface area contributed by atoms with E-state index < -0.39 is 0 Å². The van der Waals surface area contributed by atoms with Gasteiger partial charge in [0.1, 0.15) is 18.1 Å². The van der Waals surface area contributed by atoms with Crippen molar-refractivity contribution in [2.75, 3.05) is 6.61 Å². The third-order valence-electron chi connectivity index (χ3n) is 2.43. The molecule has 0 aliphatic carbocycles. The Kier molecular flexibility index (Phi) is 3.10. The predicted molar refractivity (Wildman–Crippen MR) is 65.9 cm³/mol. The van der Waals surface area contributed by atoms with E-state index >= 15 is 0 Å². The minimum atomic E-state index is 0.286. The second-order valence-corrected chi connectivity index (χ2v) is 3.51. The number of hydrogen-bond donors (Lipinski definition) is 1. The zero-order valence-corrected chi connectivity index (χ0v) is 9.18. The number of ether oxygens (including phenoxy) is 1. The van der Waals surface area contributed by atoms with Crippen molar-refractivity contribution in [2.45, 2.75) is 6.92 Å². The van der Waals surface area contributed by atoms with E-state index in [0.29, 0.717) is 6.61 Å². The summed E-state index contributed by atoms with van der Waals surface area (Å²) in [6, 6.07) is 11.1. The fourth-order valence-corrected chi connectivity index (χ4v) is 1.62. The van der Waals surface area contributed by atoms with Crippen molar-refractivity contribution >= 4 is 10.8 Å². The molecular weight excluding hydrogens is 200 g/mol. The van der Waals surface area contributed by atoms with Crippen molar-refractivity contribution in [3.63, 3.8) is 0 Å². The van der Waals surface area contributed by atoms with E-state index in [0.717, 1.165) is 16.5 Å². The molecule has 0 heterocycles. The summed E-state index contributed by atoms with van der Waals surface area (Å²) >= 11 is 0. The molecule has 0 fully saturated rings. The first-order chi connectivity index (χ1) is 7.83. The van der Waals surface area contributed by atoms with Crippen LogP contribution in [0.4, 0.5) is 0 Å². The van der Waals surface area contributed by atoms with Gasteiger partial charge in [-0.25, -0.2) is 0 Å². The number of hydrogen-bond acceptors (Lipinski definition) is 2. The van der Waals surface area contributed by atoms with Crippen molar-refractivity contribution in [1.29, 1.82) is 0 Å². The van der Waals surface area contributed by atoms with Crippen LogP contribution in [-0.4, -0.2) is 11.7 Å². The highest BCUT2D eigenvalue weighted by Crippen LogP contribution is 2.31. The molecule has 82 valence electrons. The van der Waals surface area contributed by atoms with Gasteiger partial charge < -0.3 is 9.84 Å². The molecule has 0 bridgehead atoms. The molecule has 0 amide bonds. The third-order valence-corrected chi connectivity index (χ3v) is 2.43. The van der Waals surface area contributed by atoms with Gasteiger partial charge in [0, 0.05) is 10.8 Å². The number of benzene rings is 2. The molecule has 2 aromatic rings. The quantitative estimate of drug-likeness (QED) is 0.792. The smallest absolute Gasteiger partial charge is 0.127 e. The molecule has 2 nitrogen and oxygen atoms in total. The SMILES string of the molecule is CC=CCOc1cccc2c(O)cccc12. The minimum absolute atomic E-state index is 0.286. The van der Waals surface area contributed by atoms with E-state index in [9.17, 15) is 5.11 Å². The first-order valence-corrected chi connectivity index (χ1v) is 5.27. The van der Waals surface area contributed by atoms with E-state index in [1.165, 1.54) is 0 Å². The maximum absolute atomic E-state index is 9.70. The first-order valence-electron chi connectivity index (χ1n) is 5.27. The summed E-state index contributed by atoms with van der Waals surface area (Å²) < 4.78 is 5.62. The molecule has 0 aliphatic rings. The minimum Gasteiger partial charge on any atom is -0.507 e. The molecular formula is C14H14O2. The van der Waals surface area contributed by atoms with Crippen molar-refractivity contribution in [1.82, 2.24) is 0 Å². The van der Waals surface area contributed by atoms with Crippen molar-refractivity contribution in [3.05, 3.63) is 48.6 Å². The van der Waals surface area contributed by atoms with Gasteiger partial charge >= 0.3 is 0 Å². The topological polar surface area (TPSA) is 29.5 Å². The number of allylic oxidation sites excluding steroid dienone is 1. The van der Waals surface area contributed by atoms with E-state index in [1.54, 1.807) is 6.07 Å². The highest BCUT2D eigenvalue weighted by Gasteiger charge is 2.03. The average molecular weight is 214 g/mol. The number of rotatable bonds is 3. The number of phenols is 1. The molecule has 0 radical (unpaired) electrons. The fraction of sp³-hybridized carbons (Fsp3) is 0.143. The van der Waals surface area contributed by atoms with Gasteiger partial charge in [-0.3, -0.25) is 0 Å². The summed E-state index contributed by atoms with van der Waals surface area (Å²) in [5, 5.41) is 11.5. The highest BCUT2D eigenvalue weighted by atomic mass is 16.5. The van der Waals surface area contributed by atoms with Crippen LogP contribution in [0.3, 0.4) is 0 Å². The van der Waals surface area contributed by atoms with Gasteiger partial charge in [0.15, 0.2) is 0 Å². The Morgan fingerprint density at radius 2 is 1.88 bits per heavy atom. The monoisotopic (exact) mass is 214 g/mol. The lowest BCUT2D eigenvalue weighted by molar-refractivity contribution is 0.367. The van der Waals surface area contributed by atoms with E-state index in [4.69, 9.17) is 4.74 Å². The summed E-state index contributed by atoms with van der Waals surface area (Å²) in [4.78, 5) is 0. The van der Waals surface area contributed by atoms with Crippen LogP contribution in [0, 0.1) is 0 Å². The van der Waals surface area contributed by atoms with Crippen LogP contribution in [-0.2, 0) is 0 Å². The van der Waals surface area contributed by atoms with Crippen LogP contribution in [0.15, 0.2) is 48.6 Å². The standard InChI is InChI=1S/C14H14O2/c1-2-3-10-16-14-9-5-6-11-12(14)7-4-8-13(11)15/h2-9,15H,10H2,1H3. The van der Waals surface area contributed by atoms with Gasteiger partial charge in [0.25, 0.3) is 0 Å². The Bertz CT molecular complexity index is 515. The first kappa shape index (κ1) is 10.6. The molecule has 2 aromatic carbocycles. The van der Waals surface area contributed by atoms with Crippen molar-refractivity contribution in [2.24, 2.45) is 0 Å². The molecule has 0 aromatic heterocycles. The summed E-state index contributed by atoms with van der Waals surface area (Å²) in [6.07, 6.45) is 3.89. The normalized spacial score (nSPS) is 11.1. The third kappa shape index (κ3) is 2.01. The van der Waals surface area contributed by atoms with Gasteiger partial charge in [-0.05, 0) is 19.1 Å². The van der Waals surface area contributed by atoms with E-state index in [1.807, 2.05) is 49.4 Å². The van der Waals surface area contributed by atoms with Gasteiger partial charge in [0.05, 0.1) is 0 Å². The van der Waals surface area contributed by atoms with Gasteiger partial charge in [-0.1, -0.05) is 36.4 Å². The van der Waals surface area contributed by atoms with Crippen molar-refractivity contribution < 1.29 is 9.84 Å². The summed E-state index contributed by atoms with van der Waals surface area (Å²) in [7, 11) is 0. The highest BCUT2D eigenvalue weighted by molar-refractivity contribution is 5.92. The maximum atomic E-state index is 9.70. The Hall–Kier alpha value is -1.96. The molecule has 0 saturated heterocycles. The Balaban J connectivity index is 2.42. The molecule has 2 heteroatoms. The molecule has 2 rings (SSSR count). The number of aromatic hydroxyl groups is 1. The maximum Gasteiger partial charge on any atom is 0.127 e. The lowest BCUT2D eigenvalue weighted by Gasteiger charge is -2.08. The van der Waals surface area contributed by atoms with E-state index in [-0.39, 0.29) is 5.75 Å². The van der Waals surface area contributed by atoms with Gasteiger partial charge in [-0.2, -0.15) is 0 Å². The molecule has 0 atom stereocenters. The van der Waals surface area contributed by atoms with Gasteiger partial charge in [-0.15, -0.1) is 0 Å².